The van der Waals surface area contributed by atoms with Crippen molar-refractivity contribution in [2.75, 3.05) is 7.11 Å². The molecular weight excluding hydrogens is 190 g/mol. The van der Waals surface area contributed by atoms with Gasteiger partial charge >= 0.3 is 0 Å². The number of carbonyl (C=O) groups is 1. The molecule has 0 saturated carbocycles. The summed E-state index contributed by atoms with van der Waals surface area (Å²) in [5, 5.41) is 0.959. The van der Waals surface area contributed by atoms with E-state index in [-0.39, 0.29) is 5.78 Å². The van der Waals surface area contributed by atoms with Crippen LogP contribution in [0.25, 0.3) is 10.9 Å². The molecule has 0 spiro atoms. The number of benzene rings is 1. The minimum absolute atomic E-state index is 0.0748. The fourth-order valence-electron chi connectivity index (χ4n) is 1.84. The molecule has 2 aromatic rings. The molecule has 0 bridgehead atoms. The SMILES string of the molecule is COc1ccc2c(C(C)=O)c[nH]c2c1C. The van der Waals surface area contributed by atoms with E-state index in [0.29, 0.717) is 0 Å². The summed E-state index contributed by atoms with van der Waals surface area (Å²) in [6.07, 6.45) is 1.75. The highest BCUT2D eigenvalue weighted by Crippen LogP contribution is 2.28. The Hall–Kier alpha value is -1.77. The zero-order valence-corrected chi connectivity index (χ0v) is 9.05. The lowest BCUT2D eigenvalue weighted by atomic mass is 10.1. The van der Waals surface area contributed by atoms with E-state index < -0.39 is 0 Å². The maximum absolute atomic E-state index is 11.3. The van der Waals surface area contributed by atoms with Crippen LogP contribution in [0.15, 0.2) is 18.3 Å². The van der Waals surface area contributed by atoms with E-state index >= 15 is 0 Å². The maximum atomic E-state index is 11.3. The Morgan fingerprint density at radius 3 is 2.73 bits per heavy atom. The Labute approximate surface area is 88.1 Å². The fourth-order valence-corrected chi connectivity index (χ4v) is 1.84. The zero-order chi connectivity index (χ0) is 11.0. The van der Waals surface area contributed by atoms with Crippen molar-refractivity contribution < 1.29 is 9.53 Å². The van der Waals surface area contributed by atoms with Crippen molar-refractivity contribution in [1.29, 1.82) is 0 Å². The Balaban J connectivity index is 2.76. The topological polar surface area (TPSA) is 42.1 Å². The first kappa shape index (κ1) is 9.77. The average Bonchev–Trinajstić information content (AvgIpc) is 2.62. The van der Waals surface area contributed by atoms with Gasteiger partial charge in [0.05, 0.1) is 12.6 Å². The molecule has 0 atom stereocenters. The normalized spacial score (nSPS) is 10.6. The van der Waals surface area contributed by atoms with Gasteiger partial charge in [-0.15, -0.1) is 0 Å². The fraction of sp³-hybridized carbons (Fsp3) is 0.250. The van der Waals surface area contributed by atoms with Crippen LogP contribution in [-0.4, -0.2) is 17.9 Å². The summed E-state index contributed by atoms with van der Waals surface area (Å²) in [5.74, 6) is 0.908. The van der Waals surface area contributed by atoms with Crippen LogP contribution in [0, 0.1) is 6.92 Å². The van der Waals surface area contributed by atoms with E-state index in [4.69, 9.17) is 4.74 Å². The number of hydrogen-bond acceptors (Lipinski definition) is 2. The second kappa shape index (κ2) is 3.42. The van der Waals surface area contributed by atoms with Crippen molar-refractivity contribution in [3.8, 4) is 5.75 Å². The minimum Gasteiger partial charge on any atom is -0.496 e. The van der Waals surface area contributed by atoms with Crippen molar-refractivity contribution >= 4 is 16.7 Å². The highest BCUT2D eigenvalue weighted by Gasteiger charge is 2.11. The molecule has 2 rings (SSSR count). The lowest BCUT2D eigenvalue weighted by Gasteiger charge is -2.05. The van der Waals surface area contributed by atoms with E-state index in [2.05, 4.69) is 4.98 Å². The van der Waals surface area contributed by atoms with Crippen LogP contribution in [0.5, 0.6) is 5.75 Å². The second-order valence-corrected chi connectivity index (χ2v) is 3.57. The summed E-state index contributed by atoms with van der Waals surface area (Å²) < 4.78 is 5.22. The quantitative estimate of drug-likeness (QED) is 0.762. The van der Waals surface area contributed by atoms with Crippen molar-refractivity contribution in [3.05, 3.63) is 29.5 Å². The molecule has 3 heteroatoms. The Morgan fingerprint density at radius 1 is 1.40 bits per heavy atom. The number of methoxy groups -OCH3 is 1. The lowest BCUT2D eigenvalue weighted by molar-refractivity contribution is 0.101. The van der Waals surface area contributed by atoms with Gasteiger partial charge in [0.25, 0.3) is 0 Å². The predicted octanol–water partition coefficient (Wildman–Crippen LogP) is 2.69. The van der Waals surface area contributed by atoms with Crippen molar-refractivity contribution in [2.24, 2.45) is 0 Å². The molecule has 1 N–H and O–H groups in total. The highest BCUT2D eigenvalue weighted by molar-refractivity contribution is 6.07. The molecule has 0 fully saturated rings. The number of nitrogens with one attached hydrogen (secondary N) is 1. The van der Waals surface area contributed by atoms with Crippen LogP contribution in [0.2, 0.25) is 0 Å². The summed E-state index contributed by atoms with van der Waals surface area (Å²) in [6, 6.07) is 3.80. The van der Waals surface area contributed by atoms with E-state index in [0.717, 1.165) is 27.8 Å². The summed E-state index contributed by atoms with van der Waals surface area (Å²) in [6.45, 7) is 3.55. The van der Waals surface area contributed by atoms with E-state index in [1.54, 1.807) is 20.2 Å². The number of H-pyrrole nitrogens is 1. The van der Waals surface area contributed by atoms with E-state index in [9.17, 15) is 4.79 Å². The second-order valence-electron chi connectivity index (χ2n) is 3.57. The smallest absolute Gasteiger partial charge is 0.161 e. The van der Waals surface area contributed by atoms with Gasteiger partial charge in [0.2, 0.25) is 0 Å². The number of aryl methyl sites for hydroxylation is 1. The first-order valence-electron chi connectivity index (χ1n) is 4.80. The minimum atomic E-state index is 0.0748. The summed E-state index contributed by atoms with van der Waals surface area (Å²) in [5.41, 5.74) is 2.73. The summed E-state index contributed by atoms with van der Waals surface area (Å²) >= 11 is 0. The first-order valence-corrected chi connectivity index (χ1v) is 4.80. The monoisotopic (exact) mass is 203 g/mol. The van der Waals surface area contributed by atoms with Crippen molar-refractivity contribution in [3.63, 3.8) is 0 Å². The summed E-state index contributed by atoms with van der Waals surface area (Å²) in [4.78, 5) is 14.4. The Morgan fingerprint density at radius 2 is 2.13 bits per heavy atom. The standard InChI is InChI=1S/C12H13NO2/c1-7-11(15-3)5-4-9-10(8(2)14)6-13-12(7)9/h4-6,13H,1-3H3. The Kier molecular flexibility index (Phi) is 2.23. The average molecular weight is 203 g/mol. The molecule has 0 aliphatic rings. The van der Waals surface area contributed by atoms with Crippen LogP contribution in [0.3, 0.4) is 0 Å². The molecule has 15 heavy (non-hydrogen) atoms. The van der Waals surface area contributed by atoms with Gasteiger partial charge in [0, 0.05) is 22.7 Å². The van der Waals surface area contributed by atoms with E-state index in [1.165, 1.54) is 0 Å². The number of ketones is 1. The van der Waals surface area contributed by atoms with Crippen LogP contribution in [-0.2, 0) is 0 Å². The number of fused-ring (bicyclic) bond motifs is 1. The molecule has 0 aliphatic carbocycles. The molecule has 0 amide bonds. The summed E-state index contributed by atoms with van der Waals surface area (Å²) in [7, 11) is 1.64. The number of Topliss-reactive ketones (excluding diaryl/α,β-unsaturated/α-hetero) is 1. The van der Waals surface area contributed by atoms with Gasteiger partial charge in [-0.25, -0.2) is 0 Å². The number of ether oxygens (including phenoxy) is 1. The number of aromatic amines is 1. The lowest BCUT2D eigenvalue weighted by Crippen LogP contribution is -1.90. The molecular formula is C12H13NO2. The molecule has 1 aromatic heterocycles. The molecule has 1 heterocycles. The third kappa shape index (κ3) is 1.40. The third-order valence-electron chi connectivity index (χ3n) is 2.67. The van der Waals surface area contributed by atoms with Crippen molar-refractivity contribution in [2.45, 2.75) is 13.8 Å². The third-order valence-corrected chi connectivity index (χ3v) is 2.67. The van der Waals surface area contributed by atoms with Gasteiger partial charge in [-0.3, -0.25) is 4.79 Å². The molecule has 1 aromatic carbocycles. The van der Waals surface area contributed by atoms with Gasteiger partial charge in [0.1, 0.15) is 5.75 Å². The largest absolute Gasteiger partial charge is 0.496 e. The van der Waals surface area contributed by atoms with Gasteiger partial charge in [-0.1, -0.05) is 0 Å². The number of rotatable bonds is 2. The molecule has 0 unspecified atom stereocenters. The first-order chi connectivity index (χ1) is 7.15. The van der Waals surface area contributed by atoms with Crippen LogP contribution >= 0.6 is 0 Å². The molecule has 0 saturated heterocycles. The molecule has 0 aliphatic heterocycles. The Bertz CT molecular complexity index is 526. The van der Waals surface area contributed by atoms with Gasteiger partial charge < -0.3 is 9.72 Å². The van der Waals surface area contributed by atoms with E-state index in [1.807, 2.05) is 19.1 Å². The van der Waals surface area contributed by atoms with Gasteiger partial charge in [0.15, 0.2) is 5.78 Å². The molecule has 78 valence electrons. The van der Waals surface area contributed by atoms with Gasteiger partial charge in [-0.2, -0.15) is 0 Å². The number of hydrogen-bond donors (Lipinski definition) is 1. The van der Waals surface area contributed by atoms with Crippen LogP contribution < -0.4 is 4.74 Å². The molecule has 0 radical (unpaired) electrons. The number of aromatic nitrogens is 1. The molecule has 3 nitrogen and oxygen atoms in total. The van der Waals surface area contributed by atoms with Crippen LogP contribution in [0.4, 0.5) is 0 Å². The maximum Gasteiger partial charge on any atom is 0.161 e. The highest BCUT2D eigenvalue weighted by atomic mass is 16.5. The van der Waals surface area contributed by atoms with Crippen molar-refractivity contribution in [1.82, 2.24) is 4.98 Å². The predicted molar refractivity (Wildman–Crippen MR) is 59.6 cm³/mol. The zero-order valence-electron chi connectivity index (χ0n) is 9.05. The van der Waals surface area contributed by atoms with Gasteiger partial charge in [-0.05, 0) is 26.0 Å². The van der Waals surface area contributed by atoms with Crippen LogP contribution in [0.1, 0.15) is 22.8 Å². The number of carbonyl (C=O) groups excluding carboxylic acids is 1.